The van der Waals surface area contributed by atoms with E-state index in [4.69, 9.17) is 18.9 Å². The highest BCUT2D eigenvalue weighted by Gasteiger charge is 2.51. The van der Waals surface area contributed by atoms with Crippen LogP contribution in [0.5, 0.6) is 0 Å². The standard InChI is InChI=1S/C54H105NO15/c1-3-5-7-9-11-13-15-17-18-19-20-21-22-23-24-26-28-30-32-34-36-42(59)52(66)55-40(45(60)41(58)35-33-31-29-27-25-16-14-12-10-8-6-4-2)39-67-54-51(49(64)47(62)44(38-57)69-54)70-53-50(65)48(63)46(61)43(37-56)68-53/h40-51,53-54,56-65H,3-39H2,1-2H3,(H,55,66)/t40-,41+,42+,43+,44+,45-,46-,47-,48-,49-,50+,51+,53?,54-/m0/s1. The average molecular weight is 1010 g/mol. The van der Waals surface area contributed by atoms with E-state index in [9.17, 15) is 55.9 Å². The van der Waals surface area contributed by atoms with E-state index in [-0.39, 0.29) is 12.8 Å². The van der Waals surface area contributed by atoms with Crippen LogP contribution in [-0.4, -0.2) is 163 Å². The summed E-state index contributed by atoms with van der Waals surface area (Å²) in [6, 6.07) is -1.31. The van der Waals surface area contributed by atoms with Crippen LogP contribution < -0.4 is 5.32 Å². The Morgan fingerprint density at radius 2 is 0.829 bits per heavy atom. The number of carbonyl (C=O) groups is 1. The van der Waals surface area contributed by atoms with E-state index in [2.05, 4.69) is 19.2 Å². The van der Waals surface area contributed by atoms with E-state index in [0.29, 0.717) is 12.8 Å². The number of ether oxygens (including phenoxy) is 4. The molecule has 0 aromatic rings. The molecule has 0 aromatic heterocycles. The van der Waals surface area contributed by atoms with Crippen LogP contribution in [0.1, 0.15) is 232 Å². The summed E-state index contributed by atoms with van der Waals surface area (Å²) in [6.07, 6.45) is 17.8. The molecule has 70 heavy (non-hydrogen) atoms. The molecule has 1 unspecified atom stereocenters. The summed E-state index contributed by atoms with van der Waals surface area (Å²) in [7, 11) is 0. The Hall–Kier alpha value is -1.09. The third kappa shape index (κ3) is 26.9. The van der Waals surface area contributed by atoms with Gasteiger partial charge < -0.3 is 75.3 Å². The molecule has 14 atom stereocenters. The van der Waals surface area contributed by atoms with E-state index in [1.165, 1.54) is 141 Å². The van der Waals surface area contributed by atoms with Crippen molar-refractivity contribution in [3.8, 4) is 0 Å². The van der Waals surface area contributed by atoms with Crippen molar-refractivity contribution in [3.63, 3.8) is 0 Å². The van der Waals surface area contributed by atoms with Gasteiger partial charge in [0.2, 0.25) is 5.91 Å². The summed E-state index contributed by atoms with van der Waals surface area (Å²) in [5.74, 6) is -0.773. The van der Waals surface area contributed by atoms with E-state index in [1.54, 1.807) is 0 Å². The number of nitrogens with one attached hydrogen (secondary N) is 1. The maximum atomic E-state index is 13.4. The van der Waals surface area contributed by atoms with Crippen molar-refractivity contribution in [1.82, 2.24) is 5.32 Å². The number of amides is 1. The molecule has 1 amide bonds. The van der Waals surface area contributed by atoms with Gasteiger partial charge in [0.1, 0.15) is 61.0 Å². The molecule has 0 saturated carbocycles. The van der Waals surface area contributed by atoms with Gasteiger partial charge >= 0.3 is 0 Å². The van der Waals surface area contributed by atoms with Crippen molar-refractivity contribution in [2.24, 2.45) is 0 Å². The van der Waals surface area contributed by atoms with Crippen LogP contribution in [0.3, 0.4) is 0 Å². The number of hydrogen-bond acceptors (Lipinski definition) is 15. The quantitative estimate of drug-likeness (QED) is 0.0291. The third-order valence-corrected chi connectivity index (χ3v) is 14.5. The summed E-state index contributed by atoms with van der Waals surface area (Å²) in [4.78, 5) is 13.4. The molecule has 2 heterocycles. The Balaban J connectivity index is 1.89. The van der Waals surface area contributed by atoms with E-state index in [1.807, 2.05) is 0 Å². The predicted molar refractivity (Wildman–Crippen MR) is 271 cm³/mol. The number of carbonyl (C=O) groups excluding carboxylic acids is 1. The molecule has 0 spiro atoms. The van der Waals surface area contributed by atoms with Crippen molar-refractivity contribution in [1.29, 1.82) is 0 Å². The molecule has 11 N–H and O–H groups in total. The van der Waals surface area contributed by atoms with Gasteiger partial charge in [-0.25, -0.2) is 0 Å². The van der Waals surface area contributed by atoms with Gasteiger partial charge in [0.25, 0.3) is 0 Å². The molecule has 2 saturated heterocycles. The predicted octanol–water partition coefficient (Wildman–Crippen LogP) is 6.50. The molecule has 2 rings (SSSR count). The van der Waals surface area contributed by atoms with Crippen molar-refractivity contribution in [2.45, 2.75) is 318 Å². The van der Waals surface area contributed by atoms with E-state index in [0.717, 1.165) is 51.4 Å². The van der Waals surface area contributed by atoms with Crippen LogP contribution in [0.2, 0.25) is 0 Å². The molecule has 2 aliphatic rings. The van der Waals surface area contributed by atoms with Crippen LogP contribution >= 0.6 is 0 Å². The molecule has 2 aliphatic heterocycles. The maximum Gasteiger partial charge on any atom is 0.249 e. The van der Waals surface area contributed by atoms with Gasteiger partial charge in [-0.15, -0.1) is 0 Å². The minimum atomic E-state index is -1.87. The van der Waals surface area contributed by atoms with E-state index < -0.39 is 111 Å². The number of hydrogen-bond donors (Lipinski definition) is 11. The van der Waals surface area contributed by atoms with Gasteiger partial charge in [-0.2, -0.15) is 0 Å². The van der Waals surface area contributed by atoms with Gasteiger partial charge in [-0.3, -0.25) is 4.79 Å². The molecule has 2 fully saturated rings. The highest BCUT2D eigenvalue weighted by Crippen LogP contribution is 2.30. The fraction of sp³-hybridized carbons (Fsp3) is 0.981. The highest BCUT2D eigenvalue weighted by atomic mass is 16.8. The van der Waals surface area contributed by atoms with Crippen molar-refractivity contribution >= 4 is 5.91 Å². The summed E-state index contributed by atoms with van der Waals surface area (Å²) in [5, 5.41) is 109. The number of aliphatic hydroxyl groups is 10. The lowest BCUT2D eigenvalue weighted by Crippen LogP contribution is -2.65. The first-order chi connectivity index (χ1) is 33.9. The first-order valence-electron chi connectivity index (χ1n) is 28.5. The summed E-state index contributed by atoms with van der Waals surface area (Å²) in [5.41, 5.74) is 0. The van der Waals surface area contributed by atoms with Crippen LogP contribution in [0.15, 0.2) is 0 Å². The van der Waals surface area contributed by atoms with Crippen LogP contribution in [0, 0.1) is 0 Å². The second kappa shape index (κ2) is 41.2. The lowest BCUT2D eigenvalue weighted by Gasteiger charge is -2.46. The van der Waals surface area contributed by atoms with Crippen molar-refractivity contribution < 1.29 is 74.8 Å². The average Bonchev–Trinajstić information content (AvgIpc) is 3.36. The fourth-order valence-corrected chi connectivity index (χ4v) is 9.73. The van der Waals surface area contributed by atoms with Crippen LogP contribution in [0.25, 0.3) is 0 Å². The summed E-state index contributed by atoms with van der Waals surface area (Å²) >= 11 is 0. The SMILES string of the molecule is CCCCCCCCCCCCCCCCCCCCCC[C@@H](O)C(=O)N[C@@H](CO[C@H]1O[C@H](CO)[C@H](O)[C@H](O)[C@H]1OC1O[C@H](CO)[C@H](O)[C@H](O)[C@H]1O)[C@H](O)[C@H](O)CCCCCCCCCCCCCC. The smallest absolute Gasteiger partial charge is 0.249 e. The molecule has 0 aromatic carbocycles. The molecule has 16 nitrogen and oxygen atoms in total. The van der Waals surface area contributed by atoms with Crippen molar-refractivity contribution in [2.75, 3.05) is 19.8 Å². The molecular weight excluding hydrogens is 903 g/mol. The Morgan fingerprint density at radius 1 is 0.471 bits per heavy atom. The molecule has 416 valence electrons. The van der Waals surface area contributed by atoms with Gasteiger partial charge in [-0.1, -0.05) is 219 Å². The zero-order chi connectivity index (χ0) is 51.4. The second-order valence-corrected chi connectivity index (χ2v) is 20.7. The largest absolute Gasteiger partial charge is 0.394 e. The Morgan fingerprint density at radius 3 is 1.23 bits per heavy atom. The van der Waals surface area contributed by atoms with Crippen LogP contribution in [-0.2, 0) is 23.7 Å². The lowest BCUT2D eigenvalue weighted by atomic mass is 9.97. The van der Waals surface area contributed by atoms with Gasteiger partial charge in [0.15, 0.2) is 12.6 Å². The minimum absolute atomic E-state index is 0.193. The molecule has 0 bridgehead atoms. The first-order valence-corrected chi connectivity index (χ1v) is 28.5. The van der Waals surface area contributed by atoms with Crippen LogP contribution in [0.4, 0.5) is 0 Å². The monoisotopic (exact) mass is 1010 g/mol. The zero-order valence-electron chi connectivity index (χ0n) is 43.8. The summed E-state index contributed by atoms with van der Waals surface area (Å²) in [6.45, 7) is 2.41. The van der Waals surface area contributed by atoms with Gasteiger partial charge in [0, 0.05) is 0 Å². The maximum absolute atomic E-state index is 13.4. The fourth-order valence-electron chi connectivity index (χ4n) is 9.73. The molecular formula is C54H105NO15. The third-order valence-electron chi connectivity index (χ3n) is 14.5. The molecule has 0 aliphatic carbocycles. The number of unbranched alkanes of at least 4 members (excludes halogenated alkanes) is 30. The zero-order valence-corrected chi connectivity index (χ0v) is 43.8. The Kier molecular flexibility index (Phi) is 38.3. The second-order valence-electron chi connectivity index (χ2n) is 20.7. The Labute approximate surface area is 422 Å². The molecule has 16 heteroatoms. The first kappa shape index (κ1) is 65.0. The molecule has 0 radical (unpaired) electrons. The lowest BCUT2D eigenvalue weighted by molar-refractivity contribution is -0.368. The van der Waals surface area contributed by atoms with Gasteiger partial charge in [0.05, 0.1) is 32.0 Å². The minimum Gasteiger partial charge on any atom is -0.394 e. The summed E-state index contributed by atoms with van der Waals surface area (Å²) < 4.78 is 22.9. The Bertz CT molecular complexity index is 1220. The normalized spacial score (nSPS) is 26.8. The number of aliphatic hydroxyl groups excluding tert-OH is 10. The number of rotatable bonds is 45. The van der Waals surface area contributed by atoms with Crippen molar-refractivity contribution in [3.05, 3.63) is 0 Å². The van der Waals surface area contributed by atoms with E-state index >= 15 is 0 Å². The highest BCUT2D eigenvalue weighted by molar-refractivity contribution is 5.80. The topological polar surface area (TPSA) is 268 Å². The van der Waals surface area contributed by atoms with Gasteiger partial charge in [-0.05, 0) is 12.8 Å².